The van der Waals surface area contributed by atoms with Gasteiger partial charge in [-0.3, -0.25) is 14.9 Å². The number of urea groups is 1. The fraction of sp³-hybridized carbons (Fsp3) is 0.238. The number of amides is 2. The van der Waals surface area contributed by atoms with Crippen LogP contribution in [0, 0.1) is 10.1 Å². The van der Waals surface area contributed by atoms with Gasteiger partial charge in [0.2, 0.25) is 0 Å². The first-order chi connectivity index (χ1) is 14.5. The number of benzene rings is 2. The number of hydrogen-bond acceptors (Lipinski definition) is 6. The van der Waals surface area contributed by atoms with E-state index in [1.54, 1.807) is 12.1 Å². The van der Waals surface area contributed by atoms with Crippen LogP contribution in [0.2, 0.25) is 0 Å². The highest BCUT2D eigenvalue weighted by Crippen LogP contribution is 2.28. The predicted octanol–water partition coefficient (Wildman–Crippen LogP) is 2.55. The molecule has 0 radical (unpaired) electrons. The largest absolute Gasteiger partial charge is 0.378 e. The minimum Gasteiger partial charge on any atom is -0.378 e. The molecule has 0 aliphatic carbocycles. The third kappa shape index (κ3) is 4.01. The van der Waals surface area contributed by atoms with Gasteiger partial charge >= 0.3 is 6.03 Å². The maximum atomic E-state index is 13.2. The molecule has 2 amide bonds. The molecule has 2 heterocycles. The fourth-order valence-electron chi connectivity index (χ4n) is 3.54. The molecule has 0 aromatic heterocycles. The summed E-state index contributed by atoms with van der Waals surface area (Å²) in [6.45, 7) is 2.96. The van der Waals surface area contributed by atoms with Crippen LogP contribution in [0.15, 0.2) is 60.3 Å². The molecule has 4 rings (SSSR count). The molecule has 2 aliphatic rings. The zero-order valence-electron chi connectivity index (χ0n) is 16.0. The van der Waals surface area contributed by atoms with Crippen LogP contribution in [-0.4, -0.2) is 43.0 Å². The fourth-order valence-corrected chi connectivity index (χ4v) is 3.54. The molecule has 2 aromatic carbocycles. The molecule has 0 bridgehead atoms. The number of morpholine rings is 1. The van der Waals surface area contributed by atoms with Crippen LogP contribution >= 0.6 is 0 Å². The molecule has 0 spiro atoms. The van der Waals surface area contributed by atoms with Crippen molar-refractivity contribution in [2.75, 3.05) is 31.2 Å². The molecule has 154 valence electrons. The SMILES string of the molecule is O=C1NC=C(C(=O)c2ccc(N3CCOCC3)cc2)C(c2ccc([N+](=O)[O-])cc2)N1. The van der Waals surface area contributed by atoms with Crippen LogP contribution in [-0.2, 0) is 4.74 Å². The number of ketones is 1. The Morgan fingerprint density at radius 2 is 1.73 bits per heavy atom. The molecular formula is C21H20N4O5. The summed E-state index contributed by atoms with van der Waals surface area (Å²) in [4.78, 5) is 37.6. The van der Waals surface area contributed by atoms with Crippen molar-refractivity contribution in [2.24, 2.45) is 0 Å². The molecule has 2 N–H and O–H groups in total. The van der Waals surface area contributed by atoms with Crippen molar-refractivity contribution in [1.29, 1.82) is 0 Å². The number of ether oxygens (including phenoxy) is 1. The zero-order chi connectivity index (χ0) is 21.1. The smallest absolute Gasteiger partial charge is 0.319 e. The van der Waals surface area contributed by atoms with Crippen molar-refractivity contribution in [3.8, 4) is 0 Å². The number of carbonyl (C=O) groups excluding carboxylic acids is 2. The second kappa shape index (κ2) is 8.34. The lowest BCUT2D eigenvalue weighted by molar-refractivity contribution is -0.384. The molecule has 0 saturated carbocycles. The number of rotatable bonds is 5. The molecular weight excluding hydrogens is 388 g/mol. The lowest BCUT2D eigenvalue weighted by Gasteiger charge is -2.29. The quantitative estimate of drug-likeness (QED) is 0.447. The Bertz CT molecular complexity index is 995. The summed E-state index contributed by atoms with van der Waals surface area (Å²) in [6, 6.07) is 11.9. The van der Waals surface area contributed by atoms with E-state index in [1.807, 2.05) is 12.1 Å². The molecule has 1 atom stereocenters. The number of non-ortho nitro benzene ring substituents is 1. The first kappa shape index (κ1) is 19.6. The van der Waals surface area contributed by atoms with Crippen molar-refractivity contribution in [2.45, 2.75) is 6.04 Å². The Morgan fingerprint density at radius 1 is 1.07 bits per heavy atom. The van der Waals surface area contributed by atoms with Crippen LogP contribution in [0.3, 0.4) is 0 Å². The van der Waals surface area contributed by atoms with Crippen LogP contribution < -0.4 is 15.5 Å². The van der Waals surface area contributed by atoms with Gasteiger partial charge in [-0.15, -0.1) is 0 Å². The van der Waals surface area contributed by atoms with E-state index in [2.05, 4.69) is 15.5 Å². The van der Waals surface area contributed by atoms with Gasteiger partial charge in [0.05, 0.1) is 24.2 Å². The summed E-state index contributed by atoms with van der Waals surface area (Å²) in [5, 5.41) is 16.1. The van der Waals surface area contributed by atoms with Crippen molar-refractivity contribution in [3.05, 3.63) is 81.5 Å². The molecule has 1 unspecified atom stereocenters. The van der Waals surface area contributed by atoms with Gasteiger partial charge in [-0.1, -0.05) is 0 Å². The highest BCUT2D eigenvalue weighted by atomic mass is 16.6. The Balaban J connectivity index is 1.57. The number of nitro benzene ring substituents is 1. The predicted molar refractivity (Wildman–Crippen MR) is 109 cm³/mol. The van der Waals surface area contributed by atoms with Gasteiger partial charge in [0.1, 0.15) is 0 Å². The second-order valence-electron chi connectivity index (χ2n) is 6.97. The number of carbonyl (C=O) groups is 2. The number of nitrogens with one attached hydrogen (secondary N) is 2. The van der Waals surface area contributed by atoms with Gasteiger partial charge in [0.15, 0.2) is 5.78 Å². The van der Waals surface area contributed by atoms with Crippen molar-refractivity contribution < 1.29 is 19.2 Å². The number of anilines is 1. The molecule has 9 nitrogen and oxygen atoms in total. The maximum Gasteiger partial charge on any atom is 0.319 e. The Kier molecular flexibility index (Phi) is 5.44. The van der Waals surface area contributed by atoms with E-state index in [0.29, 0.717) is 29.9 Å². The summed E-state index contributed by atoms with van der Waals surface area (Å²) >= 11 is 0. The molecule has 1 saturated heterocycles. The van der Waals surface area contributed by atoms with Crippen LogP contribution in [0.5, 0.6) is 0 Å². The van der Waals surface area contributed by atoms with E-state index in [1.165, 1.54) is 30.5 Å². The average Bonchev–Trinajstić information content (AvgIpc) is 2.79. The average molecular weight is 408 g/mol. The zero-order valence-corrected chi connectivity index (χ0v) is 16.0. The topological polar surface area (TPSA) is 114 Å². The van der Waals surface area contributed by atoms with Crippen molar-refractivity contribution in [3.63, 3.8) is 0 Å². The summed E-state index contributed by atoms with van der Waals surface area (Å²) in [6.07, 6.45) is 1.39. The monoisotopic (exact) mass is 408 g/mol. The lowest BCUT2D eigenvalue weighted by atomic mass is 9.91. The molecule has 2 aromatic rings. The van der Waals surface area contributed by atoms with Gasteiger partial charge in [0.25, 0.3) is 5.69 Å². The lowest BCUT2D eigenvalue weighted by Crippen LogP contribution is -2.42. The summed E-state index contributed by atoms with van der Waals surface area (Å²) < 4.78 is 5.36. The van der Waals surface area contributed by atoms with E-state index in [4.69, 9.17) is 4.74 Å². The molecule has 1 fully saturated rings. The van der Waals surface area contributed by atoms with E-state index in [0.717, 1.165) is 18.8 Å². The number of nitro groups is 1. The van der Waals surface area contributed by atoms with E-state index in [-0.39, 0.29) is 11.5 Å². The number of Topliss-reactive ketones (excluding diaryl/α,β-unsaturated/α-hetero) is 1. The van der Waals surface area contributed by atoms with Crippen LogP contribution in [0.4, 0.5) is 16.2 Å². The minimum atomic E-state index is -0.703. The highest BCUT2D eigenvalue weighted by molar-refractivity contribution is 6.10. The Hall–Kier alpha value is -3.72. The highest BCUT2D eigenvalue weighted by Gasteiger charge is 2.29. The van der Waals surface area contributed by atoms with Crippen LogP contribution in [0.25, 0.3) is 0 Å². The summed E-state index contributed by atoms with van der Waals surface area (Å²) in [7, 11) is 0. The van der Waals surface area contributed by atoms with Gasteiger partial charge in [-0.05, 0) is 42.0 Å². The van der Waals surface area contributed by atoms with E-state index < -0.39 is 17.0 Å². The Morgan fingerprint density at radius 3 is 2.37 bits per heavy atom. The van der Waals surface area contributed by atoms with E-state index in [9.17, 15) is 19.7 Å². The Labute approximate surface area is 172 Å². The second-order valence-corrected chi connectivity index (χ2v) is 6.97. The summed E-state index contributed by atoms with van der Waals surface area (Å²) in [5.41, 5.74) is 2.38. The number of nitrogens with zero attached hydrogens (tertiary/aromatic N) is 2. The minimum absolute atomic E-state index is 0.0606. The van der Waals surface area contributed by atoms with E-state index >= 15 is 0 Å². The third-order valence-corrected chi connectivity index (χ3v) is 5.15. The standard InChI is InChI=1S/C21H20N4O5/c26-20(15-3-5-16(6-4-15)24-9-11-30-12-10-24)18-13-22-21(27)23-19(18)14-1-7-17(8-2-14)25(28)29/h1-8,13,19H,9-12H2,(H2,22,23,27). The maximum absolute atomic E-state index is 13.2. The van der Waals surface area contributed by atoms with Crippen LogP contribution in [0.1, 0.15) is 22.0 Å². The van der Waals surface area contributed by atoms with Gasteiger partial charge in [-0.25, -0.2) is 4.79 Å². The molecule has 2 aliphatic heterocycles. The molecule has 30 heavy (non-hydrogen) atoms. The normalized spacial score (nSPS) is 18.8. The van der Waals surface area contributed by atoms with Crippen molar-refractivity contribution >= 4 is 23.2 Å². The third-order valence-electron chi connectivity index (χ3n) is 5.15. The van der Waals surface area contributed by atoms with Crippen molar-refractivity contribution in [1.82, 2.24) is 10.6 Å². The van der Waals surface area contributed by atoms with Gasteiger partial charge in [0, 0.05) is 48.2 Å². The number of hydrogen-bond donors (Lipinski definition) is 2. The summed E-state index contributed by atoms with van der Waals surface area (Å²) in [5.74, 6) is -0.237. The van der Waals surface area contributed by atoms with Gasteiger partial charge in [-0.2, -0.15) is 0 Å². The first-order valence-corrected chi connectivity index (χ1v) is 9.52. The first-order valence-electron chi connectivity index (χ1n) is 9.52. The van der Waals surface area contributed by atoms with Gasteiger partial charge < -0.3 is 20.3 Å². The molecule has 9 heteroatoms.